The van der Waals surface area contributed by atoms with Crippen LogP contribution in [0.15, 0.2) is 29.2 Å². The minimum Gasteiger partial charge on any atom is -0.480 e. The first kappa shape index (κ1) is 11.4. The summed E-state index contributed by atoms with van der Waals surface area (Å²) in [6.07, 6.45) is 0.387. The van der Waals surface area contributed by atoms with Gasteiger partial charge >= 0.3 is 5.97 Å². The van der Waals surface area contributed by atoms with Gasteiger partial charge < -0.3 is 10.2 Å². The Bertz CT molecular complexity index is 423. The van der Waals surface area contributed by atoms with E-state index < -0.39 is 16.5 Å². The summed E-state index contributed by atoms with van der Waals surface area (Å²) in [4.78, 5) is 11.4. The van der Waals surface area contributed by atoms with Crippen LogP contribution in [0.25, 0.3) is 0 Å². The highest BCUT2D eigenvalue weighted by Crippen LogP contribution is 2.57. The van der Waals surface area contributed by atoms with Crippen molar-refractivity contribution in [3.63, 3.8) is 0 Å². The van der Waals surface area contributed by atoms with E-state index in [9.17, 15) is 9.18 Å². The van der Waals surface area contributed by atoms with E-state index in [0.29, 0.717) is 11.3 Å². The lowest BCUT2D eigenvalue weighted by Crippen LogP contribution is -2.22. The van der Waals surface area contributed by atoms with Crippen LogP contribution in [-0.2, 0) is 4.79 Å². The zero-order valence-corrected chi connectivity index (χ0v) is 9.21. The number of aliphatic carboxylic acids is 1. The van der Waals surface area contributed by atoms with Crippen LogP contribution in [-0.4, -0.2) is 27.5 Å². The van der Waals surface area contributed by atoms with Crippen LogP contribution in [0.4, 0.5) is 4.39 Å². The van der Waals surface area contributed by atoms with Crippen LogP contribution in [0.5, 0.6) is 0 Å². The van der Waals surface area contributed by atoms with E-state index in [1.165, 1.54) is 6.07 Å². The lowest BCUT2D eigenvalue weighted by atomic mass is 10.3. The Morgan fingerprint density at radius 2 is 2.25 bits per heavy atom. The number of carboxylic acid groups (broad SMARTS) is 1. The molecular weight excluding hydrogens is 231 g/mol. The molecule has 2 atom stereocenters. The fourth-order valence-electron chi connectivity index (χ4n) is 1.67. The van der Waals surface area contributed by atoms with Crippen LogP contribution < -0.4 is 0 Å². The lowest BCUT2D eigenvalue weighted by molar-refractivity contribution is -0.137. The third-order valence-corrected chi connectivity index (χ3v) is 4.35. The molecule has 0 aliphatic heterocycles. The average molecular weight is 242 g/mol. The van der Waals surface area contributed by atoms with Crippen molar-refractivity contribution in [2.45, 2.75) is 16.1 Å². The van der Waals surface area contributed by atoms with Crippen molar-refractivity contribution < 1.29 is 19.4 Å². The molecule has 0 spiro atoms. The van der Waals surface area contributed by atoms with Gasteiger partial charge in [0.05, 0.1) is 0 Å². The molecule has 1 aromatic rings. The Labute approximate surface area is 96.3 Å². The van der Waals surface area contributed by atoms with Gasteiger partial charge in [0, 0.05) is 17.4 Å². The van der Waals surface area contributed by atoms with E-state index in [1.807, 2.05) is 0 Å². The second kappa shape index (κ2) is 4.07. The fraction of sp³-hybridized carbons (Fsp3) is 0.364. The van der Waals surface area contributed by atoms with E-state index in [2.05, 4.69) is 0 Å². The summed E-state index contributed by atoms with van der Waals surface area (Å²) >= 11 is 0.990. The van der Waals surface area contributed by atoms with Crippen LogP contribution in [0.1, 0.15) is 6.42 Å². The molecule has 86 valence electrons. The van der Waals surface area contributed by atoms with Gasteiger partial charge in [-0.05, 0) is 18.6 Å². The van der Waals surface area contributed by atoms with Crippen LogP contribution >= 0.6 is 11.8 Å². The Kier molecular flexibility index (Phi) is 2.90. The Morgan fingerprint density at radius 1 is 1.56 bits per heavy atom. The molecule has 1 aliphatic rings. The molecule has 1 aliphatic carbocycles. The molecule has 3 nitrogen and oxygen atoms in total. The van der Waals surface area contributed by atoms with Gasteiger partial charge in [0.1, 0.15) is 10.6 Å². The number of aliphatic hydroxyl groups excluding tert-OH is 1. The van der Waals surface area contributed by atoms with Gasteiger partial charge in [-0.1, -0.05) is 12.1 Å². The molecule has 5 heteroatoms. The predicted octanol–water partition coefficient (Wildman–Crippen LogP) is 1.75. The molecule has 0 radical (unpaired) electrons. The predicted molar refractivity (Wildman–Crippen MR) is 57.8 cm³/mol. The van der Waals surface area contributed by atoms with Gasteiger partial charge in [0.2, 0.25) is 0 Å². The first-order chi connectivity index (χ1) is 7.60. The van der Waals surface area contributed by atoms with Gasteiger partial charge in [-0.3, -0.25) is 4.79 Å². The molecule has 2 N–H and O–H groups in total. The molecule has 0 bridgehead atoms. The van der Waals surface area contributed by atoms with Crippen molar-refractivity contribution in [3.05, 3.63) is 30.1 Å². The van der Waals surface area contributed by atoms with Gasteiger partial charge in [0.25, 0.3) is 0 Å². The molecule has 16 heavy (non-hydrogen) atoms. The molecule has 1 saturated carbocycles. The number of rotatable bonds is 4. The SMILES string of the molecule is O=C(O)C1(Sc2ccccc2F)CC1CO. The molecule has 1 fully saturated rings. The normalized spacial score (nSPS) is 27.8. The molecule has 2 unspecified atom stereocenters. The largest absolute Gasteiger partial charge is 0.480 e. The number of hydrogen-bond acceptors (Lipinski definition) is 3. The number of benzene rings is 1. The maximum absolute atomic E-state index is 13.4. The first-order valence-electron chi connectivity index (χ1n) is 4.88. The Hall–Kier alpha value is -1.07. The molecule has 1 aromatic carbocycles. The van der Waals surface area contributed by atoms with Crippen molar-refractivity contribution in [2.24, 2.45) is 5.92 Å². The maximum Gasteiger partial charge on any atom is 0.320 e. The second-order valence-corrected chi connectivity index (χ2v) is 5.18. The topological polar surface area (TPSA) is 57.5 Å². The lowest BCUT2D eigenvalue weighted by Gasteiger charge is -2.11. The van der Waals surface area contributed by atoms with Crippen molar-refractivity contribution in [1.82, 2.24) is 0 Å². The molecule has 2 rings (SSSR count). The summed E-state index contributed by atoms with van der Waals surface area (Å²) in [5.41, 5.74) is 0. The third-order valence-electron chi connectivity index (χ3n) is 2.76. The second-order valence-electron chi connectivity index (χ2n) is 3.81. The number of aliphatic hydroxyl groups is 1. The van der Waals surface area contributed by atoms with Gasteiger partial charge in [-0.2, -0.15) is 0 Å². The zero-order chi connectivity index (χ0) is 11.8. The molecule has 0 saturated heterocycles. The first-order valence-corrected chi connectivity index (χ1v) is 5.69. The van der Waals surface area contributed by atoms with Gasteiger partial charge in [0.15, 0.2) is 0 Å². The molecular formula is C11H11FO3S. The highest BCUT2D eigenvalue weighted by atomic mass is 32.2. The number of halogens is 1. The summed E-state index contributed by atoms with van der Waals surface area (Å²) in [5, 5.41) is 18.1. The van der Waals surface area contributed by atoms with E-state index in [1.54, 1.807) is 18.2 Å². The van der Waals surface area contributed by atoms with E-state index in [0.717, 1.165) is 11.8 Å². The van der Waals surface area contributed by atoms with Gasteiger partial charge in [-0.15, -0.1) is 11.8 Å². The minimum atomic E-state index is -1.04. The monoisotopic (exact) mass is 242 g/mol. The number of thioether (sulfide) groups is 1. The summed E-state index contributed by atoms with van der Waals surface area (Å²) in [6.45, 7) is -0.173. The van der Waals surface area contributed by atoms with Crippen LogP contribution in [0.2, 0.25) is 0 Å². The molecule has 0 amide bonds. The quantitative estimate of drug-likeness (QED) is 0.844. The van der Waals surface area contributed by atoms with Crippen LogP contribution in [0.3, 0.4) is 0 Å². The van der Waals surface area contributed by atoms with Crippen molar-refractivity contribution in [1.29, 1.82) is 0 Å². The maximum atomic E-state index is 13.4. The number of hydrogen-bond donors (Lipinski definition) is 2. The van der Waals surface area contributed by atoms with Crippen LogP contribution in [0, 0.1) is 11.7 Å². The Balaban J connectivity index is 2.21. The smallest absolute Gasteiger partial charge is 0.320 e. The standard InChI is InChI=1S/C11H11FO3S/c12-8-3-1-2-4-9(8)16-11(10(14)15)5-7(11)6-13/h1-4,7,13H,5-6H2,(H,14,15). The van der Waals surface area contributed by atoms with Crippen molar-refractivity contribution >= 4 is 17.7 Å². The molecule has 0 heterocycles. The van der Waals surface area contributed by atoms with Gasteiger partial charge in [-0.25, -0.2) is 4.39 Å². The van der Waals surface area contributed by atoms with E-state index >= 15 is 0 Å². The highest BCUT2D eigenvalue weighted by molar-refractivity contribution is 8.01. The summed E-state index contributed by atoms with van der Waals surface area (Å²) in [6, 6.07) is 6.08. The van der Waals surface area contributed by atoms with E-state index in [4.69, 9.17) is 10.2 Å². The zero-order valence-electron chi connectivity index (χ0n) is 8.39. The third kappa shape index (κ3) is 1.81. The van der Waals surface area contributed by atoms with Crippen molar-refractivity contribution in [3.8, 4) is 0 Å². The summed E-state index contributed by atoms with van der Waals surface area (Å²) in [7, 11) is 0. The Morgan fingerprint density at radius 3 is 2.75 bits per heavy atom. The van der Waals surface area contributed by atoms with E-state index in [-0.39, 0.29) is 12.5 Å². The number of carbonyl (C=O) groups is 1. The average Bonchev–Trinajstić information content (AvgIpc) is 2.97. The fourth-order valence-corrected chi connectivity index (χ4v) is 2.99. The summed E-state index contributed by atoms with van der Waals surface area (Å²) in [5.74, 6) is -1.69. The highest BCUT2D eigenvalue weighted by Gasteiger charge is 2.61. The van der Waals surface area contributed by atoms with Crippen molar-refractivity contribution in [2.75, 3.05) is 6.61 Å². The summed E-state index contributed by atoms with van der Waals surface area (Å²) < 4.78 is 12.3. The molecule has 0 aromatic heterocycles. The number of carboxylic acids is 1. The minimum absolute atomic E-state index is 0.173.